The summed E-state index contributed by atoms with van der Waals surface area (Å²) in [5.41, 5.74) is 1.74. The molecule has 2 aromatic rings. The normalized spacial score (nSPS) is 18.4. The minimum Gasteiger partial charge on any atom is -0.342 e. The number of hydrogen-bond donors (Lipinski definition) is 0. The van der Waals surface area contributed by atoms with E-state index in [4.69, 9.17) is 4.98 Å². The number of rotatable bonds is 3. The Hall–Kier alpha value is -1.75. The van der Waals surface area contributed by atoms with Crippen LogP contribution >= 0.6 is 11.3 Å². The van der Waals surface area contributed by atoms with Crippen molar-refractivity contribution in [1.82, 2.24) is 14.9 Å². The van der Waals surface area contributed by atoms with Gasteiger partial charge in [0, 0.05) is 35.8 Å². The lowest BCUT2D eigenvalue weighted by Crippen LogP contribution is -2.38. The highest BCUT2D eigenvalue weighted by Crippen LogP contribution is 2.26. The summed E-state index contributed by atoms with van der Waals surface area (Å²) in [5.74, 6) is 0.754. The minimum atomic E-state index is -0.294. The van der Waals surface area contributed by atoms with E-state index in [0.29, 0.717) is 5.92 Å². The predicted octanol–water partition coefficient (Wildman–Crippen LogP) is 3.64. The average molecular weight is 329 g/mol. The van der Waals surface area contributed by atoms with Crippen molar-refractivity contribution < 1.29 is 4.79 Å². The fourth-order valence-electron chi connectivity index (χ4n) is 3.02. The summed E-state index contributed by atoms with van der Waals surface area (Å²) in [6.45, 7) is 7.68. The van der Waals surface area contributed by atoms with Crippen LogP contribution in [0.2, 0.25) is 0 Å². The number of amides is 1. The Labute approximate surface area is 141 Å². The van der Waals surface area contributed by atoms with Crippen LogP contribution in [0.5, 0.6) is 0 Å². The van der Waals surface area contributed by atoms with Crippen LogP contribution in [0.3, 0.4) is 0 Å². The number of pyridine rings is 1. The first-order chi connectivity index (χ1) is 10.9. The van der Waals surface area contributed by atoms with Gasteiger partial charge >= 0.3 is 0 Å². The van der Waals surface area contributed by atoms with E-state index >= 15 is 0 Å². The van der Waals surface area contributed by atoms with Gasteiger partial charge in [-0.3, -0.25) is 9.78 Å². The van der Waals surface area contributed by atoms with Gasteiger partial charge < -0.3 is 4.90 Å². The monoisotopic (exact) mass is 329 g/mol. The second-order valence-corrected chi connectivity index (χ2v) is 8.11. The van der Waals surface area contributed by atoms with E-state index in [1.54, 1.807) is 17.5 Å². The third-order valence-electron chi connectivity index (χ3n) is 4.17. The largest absolute Gasteiger partial charge is 0.342 e. The maximum Gasteiger partial charge on any atom is 0.227 e. The number of carbonyl (C=O) groups excluding carboxylic acids is 1. The highest BCUT2D eigenvalue weighted by Gasteiger charge is 2.32. The van der Waals surface area contributed by atoms with Gasteiger partial charge in [-0.05, 0) is 30.9 Å². The Kier molecular flexibility index (Phi) is 4.48. The second kappa shape index (κ2) is 6.40. The van der Waals surface area contributed by atoms with Gasteiger partial charge in [-0.2, -0.15) is 0 Å². The van der Waals surface area contributed by atoms with Crippen LogP contribution in [0.4, 0.5) is 0 Å². The zero-order valence-electron chi connectivity index (χ0n) is 14.0. The van der Waals surface area contributed by atoms with Crippen molar-refractivity contribution in [3.05, 3.63) is 35.5 Å². The molecular weight excluding hydrogens is 306 g/mol. The molecule has 3 rings (SSSR count). The van der Waals surface area contributed by atoms with Crippen molar-refractivity contribution in [3.63, 3.8) is 0 Å². The van der Waals surface area contributed by atoms with Gasteiger partial charge in [0.2, 0.25) is 5.91 Å². The van der Waals surface area contributed by atoms with E-state index < -0.39 is 0 Å². The highest BCUT2D eigenvalue weighted by molar-refractivity contribution is 7.13. The van der Waals surface area contributed by atoms with Crippen LogP contribution < -0.4 is 0 Å². The fourth-order valence-corrected chi connectivity index (χ4v) is 3.62. The fraction of sp³-hybridized carbons (Fsp3) is 0.500. The molecular formula is C18H23N3OS. The summed E-state index contributed by atoms with van der Waals surface area (Å²) in [4.78, 5) is 23.5. The summed E-state index contributed by atoms with van der Waals surface area (Å²) in [6.07, 6.45) is 3.79. The van der Waals surface area contributed by atoms with E-state index in [2.05, 4.69) is 11.1 Å². The SMILES string of the molecule is CC(C)(C)C(=O)N1CC[C@H](Cc2cccc(-c3nccs3)n2)C1. The molecule has 0 N–H and O–H groups in total. The smallest absolute Gasteiger partial charge is 0.227 e. The average Bonchev–Trinajstić information content (AvgIpc) is 3.17. The predicted molar refractivity (Wildman–Crippen MR) is 93.2 cm³/mol. The standard InChI is InChI=1S/C18H23N3OS/c1-18(2,3)17(22)21-9-7-13(12-21)11-14-5-4-6-15(20-14)16-19-8-10-23-16/h4-6,8,10,13H,7,9,11-12H2,1-3H3/t13-/m1/s1. The van der Waals surface area contributed by atoms with Crippen LogP contribution in [0.25, 0.3) is 10.7 Å². The van der Waals surface area contributed by atoms with Crippen molar-refractivity contribution in [3.8, 4) is 10.7 Å². The Balaban J connectivity index is 1.65. The zero-order chi connectivity index (χ0) is 16.4. The van der Waals surface area contributed by atoms with Gasteiger partial charge in [0.05, 0.1) is 5.69 Å². The lowest BCUT2D eigenvalue weighted by molar-refractivity contribution is -0.138. The van der Waals surface area contributed by atoms with E-state index in [1.807, 2.05) is 43.2 Å². The van der Waals surface area contributed by atoms with Crippen molar-refractivity contribution in [2.75, 3.05) is 13.1 Å². The first kappa shape index (κ1) is 16.1. The summed E-state index contributed by atoms with van der Waals surface area (Å²) in [7, 11) is 0. The van der Waals surface area contributed by atoms with Crippen LogP contribution in [-0.4, -0.2) is 33.9 Å². The number of hydrogen-bond acceptors (Lipinski definition) is 4. The number of nitrogens with zero attached hydrogens (tertiary/aromatic N) is 3. The van der Waals surface area contributed by atoms with Crippen LogP contribution in [-0.2, 0) is 11.2 Å². The third kappa shape index (κ3) is 3.78. The maximum absolute atomic E-state index is 12.4. The first-order valence-electron chi connectivity index (χ1n) is 8.08. The van der Waals surface area contributed by atoms with E-state index in [-0.39, 0.29) is 11.3 Å². The molecule has 1 aliphatic heterocycles. The van der Waals surface area contributed by atoms with Crippen molar-refractivity contribution in [1.29, 1.82) is 0 Å². The molecule has 0 bridgehead atoms. The van der Waals surface area contributed by atoms with E-state index in [9.17, 15) is 4.79 Å². The van der Waals surface area contributed by atoms with Crippen molar-refractivity contribution in [2.24, 2.45) is 11.3 Å². The molecule has 1 aliphatic rings. The molecule has 4 nitrogen and oxygen atoms in total. The molecule has 5 heteroatoms. The molecule has 3 heterocycles. The van der Waals surface area contributed by atoms with E-state index in [0.717, 1.165) is 42.3 Å². The van der Waals surface area contributed by atoms with Crippen LogP contribution in [0.15, 0.2) is 29.8 Å². The summed E-state index contributed by atoms with van der Waals surface area (Å²) >= 11 is 1.61. The Morgan fingerprint density at radius 2 is 2.22 bits per heavy atom. The summed E-state index contributed by atoms with van der Waals surface area (Å²) in [5, 5.41) is 2.93. The Bertz CT molecular complexity index is 676. The molecule has 0 aliphatic carbocycles. The molecule has 1 atom stereocenters. The number of likely N-dealkylation sites (tertiary alicyclic amines) is 1. The quantitative estimate of drug-likeness (QED) is 0.863. The molecule has 1 saturated heterocycles. The zero-order valence-corrected chi connectivity index (χ0v) is 14.8. The number of thiazole rings is 1. The molecule has 2 aromatic heterocycles. The molecule has 1 fully saturated rings. The Morgan fingerprint density at radius 3 is 2.91 bits per heavy atom. The van der Waals surface area contributed by atoms with Gasteiger partial charge in [-0.25, -0.2) is 4.98 Å². The molecule has 0 radical (unpaired) electrons. The van der Waals surface area contributed by atoms with Gasteiger partial charge in [0.25, 0.3) is 0 Å². The van der Waals surface area contributed by atoms with E-state index in [1.165, 1.54) is 0 Å². The third-order valence-corrected chi connectivity index (χ3v) is 4.97. The first-order valence-corrected chi connectivity index (χ1v) is 8.96. The van der Waals surface area contributed by atoms with Crippen LogP contribution in [0.1, 0.15) is 32.9 Å². The summed E-state index contributed by atoms with van der Waals surface area (Å²) < 4.78 is 0. The molecule has 23 heavy (non-hydrogen) atoms. The molecule has 0 saturated carbocycles. The van der Waals surface area contributed by atoms with Crippen molar-refractivity contribution in [2.45, 2.75) is 33.6 Å². The molecule has 0 aromatic carbocycles. The molecule has 1 amide bonds. The Morgan fingerprint density at radius 1 is 1.39 bits per heavy atom. The number of carbonyl (C=O) groups is 1. The lowest BCUT2D eigenvalue weighted by atomic mass is 9.95. The molecule has 0 unspecified atom stereocenters. The van der Waals surface area contributed by atoms with Gasteiger partial charge in [0.15, 0.2) is 0 Å². The number of aromatic nitrogens is 2. The van der Waals surface area contributed by atoms with Gasteiger partial charge in [-0.15, -0.1) is 11.3 Å². The topological polar surface area (TPSA) is 46.1 Å². The van der Waals surface area contributed by atoms with Crippen LogP contribution in [0, 0.1) is 11.3 Å². The minimum absolute atomic E-state index is 0.254. The molecule has 122 valence electrons. The molecule has 0 spiro atoms. The van der Waals surface area contributed by atoms with Gasteiger partial charge in [0.1, 0.15) is 5.01 Å². The highest BCUT2D eigenvalue weighted by atomic mass is 32.1. The van der Waals surface area contributed by atoms with Gasteiger partial charge in [-0.1, -0.05) is 26.8 Å². The second-order valence-electron chi connectivity index (χ2n) is 7.21. The summed E-state index contributed by atoms with van der Waals surface area (Å²) in [6, 6.07) is 6.13. The lowest BCUT2D eigenvalue weighted by Gasteiger charge is -2.25. The maximum atomic E-state index is 12.4. The van der Waals surface area contributed by atoms with Crippen molar-refractivity contribution >= 4 is 17.2 Å².